The fourth-order valence-electron chi connectivity index (χ4n) is 2.74. The number of hydrazine groups is 1. The number of rotatable bonds is 5. The summed E-state index contributed by atoms with van der Waals surface area (Å²) in [5, 5.41) is 4.37. The molecule has 0 amide bonds. The molecule has 0 saturated heterocycles. The van der Waals surface area contributed by atoms with Crippen LogP contribution in [0.4, 0.5) is 0 Å². The van der Waals surface area contributed by atoms with Crippen LogP contribution in [0.25, 0.3) is 0 Å². The fraction of sp³-hybridized carbons (Fsp3) is 0.467. The Morgan fingerprint density at radius 3 is 2.95 bits per heavy atom. The first-order valence-corrected chi connectivity index (χ1v) is 8.71. The van der Waals surface area contributed by atoms with E-state index >= 15 is 0 Å². The summed E-state index contributed by atoms with van der Waals surface area (Å²) >= 11 is 3.73. The Kier molecular flexibility index (Phi) is 4.33. The van der Waals surface area contributed by atoms with Gasteiger partial charge in [0.25, 0.3) is 0 Å². The van der Waals surface area contributed by atoms with E-state index in [0.717, 1.165) is 12.8 Å². The lowest BCUT2D eigenvalue weighted by Crippen LogP contribution is -2.27. The summed E-state index contributed by atoms with van der Waals surface area (Å²) in [5.41, 5.74) is 6.00. The predicted octanol–water partition coefficient (Wildman–Crippen LogP) is 3.83. The molecule has 3 N–H and O–H groups in total. The van der Waals surface area contributed by atoms with Gasteiger partial charge < -0.3 is 0 Å². The van der Waals surface area contributed by atoms with E-state index in [1.807, 2.05) is 11.3 Å². The minimum absolute atomic E-state index is 0.301. The summed E-state index contributed by atoms with van der Waals surface area (Å²) in [7, 11) is 0. The van der Waals surface area contributed by atoms with Crippen molar-refractivity contribution in [2.75, 3.05) is 0 Å². The van der Waals surface area contributed by atoms with Gasteiger partial charge in [0, 0.05) is 9.75 Å². The molecule has 0 saturated carbocycles. The molecule has 102 valence electrons. The van der Waals surface area contributed by atoms with Crippen molar-refractivity contribution in [1.29, 1.82) is 0 Å². The topological polar surface area (TPSA) is 38.0 Å². The monoisotopic (exact) mass is 292 g/mol. The highest BCUT2D eigenvalue weighted by atomic mass is 32.1. The van der Waals surface area contributed by atoms with E-state index in [1.54, 1.807) is 21.8 Å². The third-order valence-corrected chi connectivity index (χ3v) is 5.94. The highest BCUT2D eigenvalue weighted by Gasteiger charge is 2.18. The van der Waals surface area contributed by atoms with Crippen LogP contribution in [0.1, 0.15) is 46.2 Å². The lowest BCUT2D eigenvalue weighted by Gasteiger charge is -2.13. The minimum Gasteiger partial charge on any atom is -0.271 e. The van der Waals surface area contributed by atoms with Crippen LogP contribution in [0.2, 0.25) is 0 Å². The van der Waals surface area contributed by atoms with E-state index in [2.05, 4.69) is 28.3 Å². The van der Waals surface area contributed by atoms with Crippen LogP contribution >= 0.6 is 22.7 Å². The van der Waals surface area contributed by atoms with Gasteiger partial charge in [-0.15, -0.1) is 11.3 Å². The standard InChI is InChI=1S/C15H20N2S2/c16-17-13(6-5-11-7-8-18-10-11)15-9-12-3-1-2-4-14(12)19-15/h7-10,13,17H,1-6,16H2. The van der Waals surface area contributed by atoms with E-state index in [4.69, 9.17) is 5.84 Å². The van der Waals surface area contributed by atoms with Gasteiger partial charge in [-0.05, 0) is 72.5 Å². The van der Waals surface area contributed by atoms with E-state index in [-0.39, 0.29) is 0 Å². The summed E-state index contributed by atoms with van der Waals surface area (Å²) in [5.74, 6) is 5.76. The van der Waals surface area contributed by atoms with Crippen molar-refractivity contribution in [2.45, 2.75) is 44.6 Å². The molecule has 3 rings (SSSR count). The molecule has 0 aliphatic heterocycles. The van der Waals surface area contributed by atoms with Gasteiger partial charge in [-0.2, -0.15) is 11.3 Å². The van der Waals surface area contributed by atoms with Gasteiger partial charge in [-0.25, -0.2) is 0 Å². The van der Waals surface area contributed by atoms with E-state index in [1.165, 1.54) is 36.1 Å². The van der Waals surface area contributed by atoms with Crippen LogP contribution in [0.5, 0.6) is 0 Å². The zero-order valence-electron chi connectivity index (χ0n) is 11.0. The van der Waals surface area contributed by atoms with Crippen LogP contribution < -0.4 is 11.3 Å². The molecule has 1 unspecified atom stereocenters. The fourth-order valence-corrected chi connectivity index (χ4v) is 4.79. The van der Waals surface area contributed by atoms with Gasteiger partial charge in [0.15, 0.2) is 0 Å². The highest BCUT2D eigenvalue weighted by Crippen LogP contribution is 2.34. The second-order valence-electron chi connectivity index (χ2n) is 5.19. The SMILES string of the molecule is NNC(CCc1ccsc1)c1cc2c(s1)CCCC2. The van der Waals surface area contributed by atoms with Gasteiger partial charge in [0.05, 0.1) is 6.04 Å². The molecule has 0 bridgehead atoms. The maximum atomic E-state index is 5.76. The molecule has 0 radical (unpaired) electrons. The molecule has 0 spiro atoms. The third kappa shape index (κ3) is 3.08. The molecule has 2 nitrogen and oxygen atoms in total. The Labute approximate surface area is 122 Å². The Bertz CT molecular complexity index is 493. The number of aryl methyl sites for hydroxylation is 3. The van der Waals surface area contributed by atoms with Crippen molar-refractivity contribution in [3.8, 4) is 0 Å². The number of nitrogens with one attached hydrogen (secondary N) is 1. The Morgan fingerprint density at radius 1 is 1.32 bits per heavy atom. The van der Waals surface area contributed by atoms with E-state index < -0.39 is 0 Å². The maximum Gasteiger partial charge on any atom is 0.0556 e. The molecular formula is C15H20N2S2. The van der Waals surface area contributed by atoms with E-state index in [0.29, 0.717) is 6.04 Å². The summed E-state index contributed by atoms with van der Waals surface area (Å²) < 4.78 is 0. The number of hydrogen-bond acceptors (Lipinski definition) is 4. The smallest absolute Gasteiger partial charge is 0.0556 e. The quantitative estimate of drug-likeness (QED) is 0.649. The van der Waals surface area contributed by atoms with Crippen molar-refractivity contribution in [2.24, 2.45) is 5.84 Å². The zero-order chi connectivity index (χ0) is 13.1. The summed E-state index contributed by atoms with van der Waals surface area (Å²) in [6.07, 6.45) is 7.39. The minimum atomic E-state index is 0.301. The highest BCUT2D eigenvalue weighted by molar-refractivity contribution is 7.12. The van der Waals surface area contributed by atoms with Crippen LogP contribution in [0.15, 0.2) is 22.9 Å². The molecule has 1 aliphatic carbocycles. The van der Waals surface area contributed by atoms with Crippen LogP contribution in [-0.4, -0.2) is 0 Å². The average Bonchev–Trinajstić information content (AvgIpc) is 3.08. The van der Waals surface area contributed by atoms with Crippen LogP contribution in [0, 0.1) is 0 Å². The second kappa shape index (κ2) is 6.18. The molecule has 1 aliphatic rings. The first-order valence-electron chi connectivity index (χ1n) is 6.95. The lowest BCUT2D eigenvalue weighted by atomic mass is 9.98. The van der Waals surface area contributed by atoms with Gasteiger partial charge in [0.1, 0.15) is 0 Å². The lowest BCUT2D eigenvalue weighted by molar-refractivity contribution is 0.524. The maximum absolute atomic E-state index is 5.76. The Morgan fingerprint density at radius 2 is 2.21 bits per heavy atom. The van der Waals surface area contributed by atoms with Crippen molar-refractivity contribution in [1.82, 2.24) is 5.43 Å². The molecule has 2 aromatic rings. The van der Waals surface area contributed by atoms with Gasteiger partial charge in [-0.1, -0.05) is 0 Å². The number of nitrogens with two attached hydrogens (primary N) is 1. The van der Waals surface area contributed by atoms with Crippen molar-refractivity contribution >= 4 is 22.7 Å². The summed E-state index contributed by atoms with van der Waals surface area (Å²) in [6, 6.07) is 4.89. The second-order valence-corrected chi connectivity index (χ2v) is 7.14. The number of thiophene rings is 2. The summed E-state index contributed by atoms with van der Waals surface area (Å²) in [4.78, 5) is 3.02. The van der Waals surface area contributed by atoms with Gasteiger partial charge >= 0.3 is 0 Å². The Balaban J connectivity index is 1.69. The van der Waals surface area contributed by atoms with Crippen LogP contribution in [-0.2, 0) is 19.3 Å². The molecule has 1 atom stereocenters. The molecular weight excluding hydrogens is 272 g/mol. The van der Waals surface area contributed by atoms with Crippen LogP contribution in [0.3, 0.4) is 0 Å². The number of fused-ring (bicyclic) bond motifs is 1. The van der Waals surface area contributed by atoms with E-state index in [9.17, 15) is 0 Å². The largest absolute Gasteiger partial charge is 0.271 e. The van der Waals surface area contributed by atoms with Gasteiger partial charge in [-0.3, -0.25) is 11.3 Å². The van der Waals surface area contributed by atoms with Crippen molar-refractivity contribution in [3.63, 3.8) is 0 Å². The zero-order valence-corrected chi connectivity index (χ0v) is 12.7. The van der Waals surface area contributed by atoms with Gasteiger partial charge in [0.2, 0.25) is 0 Å². The third-order valence-electron chi connectivity index (χ3n) is 3.86. The first kappa shape index (κ1) is 13.3. The average molecular weight is 292 g/mol. The number of hydrogen-bond donors (Lipinski definition) is 2. The predicted molar refractivity (Wildman–Crippen MR) is 83.7 cm³/mol. The molecule has 2 heterocycles. The molecule has 2 aromatic heterocycles. The molecule has 19 heavy (non-hydrogen) atoms. The summed E-state index contributed by atoms with van der Waals surface area (Å²) in [6.45, 7) is 0. The molecule has 0 aromatic carbocycles. The first-order chi connectivity index (χ1) is 9.36. The Hall–Kier alpha value is -0.680. The molecule has 0 fully saturated rings. The normalized spacial score (nSPS) is 16.3. The van der Waals surface area contributed by atoms with Crippen molar-refractivity contribution < 1.29 is 0 Å². The molecule has 4 heteroatoms. The van der Waals surface area contributed by atoms with Crippen molar-refractivity contribution in [3.05, 3.63) is 43.8 Å².